The first-order valence-corrected chi connectivity index (χ1v) is 8.56. The molecule has 1 aliphatic rings. The molecular formula is C19H15N3OS. The summed E-state index contributed by atoms with van der Waals surface area (Å²) in [5.74, 6) is 0.421. The Labute approximate surface area is 143 Å². The van der Waals surface area contributed by atoms with Crippen molar-refractivity contribution in [2.45, 2.75) is 13.0 Å². The number of anilines is 1. The summed E-state index contributed by atoms with van der Waals surface area (Å²) in [6.07, 6.45) is 0. The van der Waals surface area contributed by atoms with E-state index in [9.17, 15) is 4.79 Å². The molecule has 1 atom stereocenters. The molecule has 1 amide bonds. The Bertz CT molecular complexity index is 917. The van der Waals surface area contributed by atoms with E-state index in [4.69, 9.17) is 4.99 Å². The number of amides is 1. The zero-order valence-electron chi connectivity index (χ0n) is 13.1. The highest BCUT2D eigenvalue weighted by atomic mass is 32.1. The normalized spacial score (nSPS) is 16.8. The molecule has 4 nitrogen and oxygen atoms in total. The highest BCUT2D eigenvalue weighted by molar-refractivity contribution is 7.10. The summed E-state index contributed by atoms with van der Waals surface area (Å²) < 4.78 is 0. The molecule has 1 aliphatic heterocycles. The van der Waals surface area contributed by atoms with Crippen LogP contribution in [0.1, 0.15) is 27.7 Å². The highest BCUT2D eigenvalue weighted by Crippen LogP contribution is 2.31. The van der Waals surface area contributed by atoms with Crippen LogP contribution in [0.3, 0.4) is 0 Å². The lowest BCUT2D eigenvalue weighted by Gasteiger charge is -2.09. The van der Waals surface area contributed by atoms with Crippen molar-refractivity contribution in [1.29, 1.82) is 0 Å². The lowest BCUT2D eigenvalue weighted by Crippen LogP contribution is -2.18. The third-order valence-corrected chi connectivity index (χ3v) is 4.82. The van der Waals surface area contributed by atoms with E-state index in [0.29, 0.717) is 5.82 Å². The molecule has 24 heavy (non-hydrogen) atoms. The van der Waals surface area contributed by atoms with Gasteiger partial charge in [-0.3, -0.25) is 9.79 Å². The molecule has 1 aromatic carbocycles. The molecule has 0 saturated carbocycles. The lowest BCUT2D eigenvalue weighted by molar-refractivity contribution is -0.117. The Hall–Kier alpha value is -2.79. The van der Waals surface area contributed by atoms with Crippen LogP contribution in [-0.2, 0) is 4.79 Å². The molecule has 3 aromatic rings. The summed E-state index contributed by atoms with van der Waals surface area (Å²) in [7, 11) is 0. The van der Waals surface area contributed by atoms with Gasteiger partial charge in [-0.15, -0.1) is 11.3 Å². The lowest BCUT2D eigenvalue weighted by atomic mass is 10.0. The molecule has 118 valence electrons. The molecule has 1 N–H and O–H groups in total. The predicted octanol–water partition coefficient (Wildman–Crippen LogP) is 3.98. The highest BCUT2D eigenvalue weighted by Gasteiger charge is 2.28. The Kier molecular flexibility index (Phi) is 3.70. The fraction of sp³-hybridized carbons (Fsp3) is 0.105. The second kappa shape index (κ2) is 6.02. The van der Waals surface area contributed by atoms with Crippen molar-refractivity contribution >= 4 is 28.8 Å². The van der Waals surface area contributed by atoms with Crippen molar-refractivity contribution in [3.05, 3.63) is 81.7 Å². The SMILES string of the molecule is Cc1ccc2c(n1)NC(=O)C(c1cccs1)N=C2c1ccccc1. The number of thiophene rings is 1. The Morgan fingerprint density at radius 1 is 1.04 bits per heavy atom. The van der Waals surface area contributed by atoms with Crippen molar-refractivity contribution < 1.29 is 4.79 Å². The number of aromatic nitrogens is 1. The monoisotopic (exact) mass is 333 g/mol. The van der Waals surface area contributed by atoms with Gasteiger partial charge in [-0.05, 0) is 30.5 Å². The zero-order chi connectivity index (χ0) is 16.5. The van der Waals surface area contributed by atoms with Gasteiger partial charge in [-0.2, -0.15) is 0 Å². The topological polar surface area (TPSA) is 54.4 Å². The number of hydrogen-bond acceptors (Lipinski definition) is 4. The van der Waals surface area contributed by atoms with E-state index in [-0.39, 0.29) is 5.91 Å². The van der Waals surface area contributed by atoms with Crippen LogP contribution in [0.2, 0.25) is 0 Å². The third-order valence-electron chi connectivity index (χ3n) is 3.90. The number of pyridine rings is 1. The summed E-state index contributed by atoms with van der Waals surface area (Å²) in [4.78, 5) is 23.0. The van der Waals surface area contributed by atoms with Crippen LogP contribution < -0.4 is 5.32 Å². The van der Waals surface area contributed by atoms with Gasteiger partial charge in [-0.25, -0.2) is 4.98 Å². The minimum atomic E-state index is -0.560. The number of carbonyl (C=O) groups is 1. The van der Waals surface area contributed by atoms with Crippen LogP contribution in [0.5, 0.6) is 0 Å². The van der Waals surface area contributed by atoms with E-state index in [1.165, 1.54) is 11.3 Å². The maximum absolute atomic E-state index is 12.7. The molecule has 0 aliphatic carbocycles. The van der Waals surface area contributed by atoms with Crippen LogP contribution in [0.4, 0.5) is 5.82 Å². The molecular weight excluding hydrogens is 318 g/mol. The van der Waals surface area contributed by atoms with Crippen molar-refractivity contribution in [3.63, 3.8) is 0 Å². The van der Waals surface area contributed by atoms with Gasteiger partial charge in [0.2, 0.25) is 0 Å². The van der Waals surface area contributed by atoms with Gasteiger partial charge in [-0.1, -0.05) is 36.4 Å². The quantitative estimate of drug-likeness (QED) is 0.771. The molecule has 0 spiro atoms. The van der Waals surface area contributed by atoms with Crippen LogP contribution in [0.25, 0.3) is 0 Å². The van der Waals surface area contributed by atoms with Gasteiger partial charge >= 0.3 is 0 Å². The van der Waals surface area contributed by atoms with Gasteiger partial charge < -0.3 is 5.32 Å². The van der Waals surface area contributed by atoms with E-state index in [1.807, 2.05) is 66.9 Å². The zero-order valence-corrected chi connectivity index (χ0v) is 13.9. The fourth-order valence-corrected chi connectivity index (χ4v) is 3.51. The van der Waals surface area contributed by atoms with Crippen LogP contribution in [-0.4, -0.2) is 16.6 Å². The predicted molar refractivity (Wildman–Crippen MR) is 96.7 cm³/mol. The number of nitrogens with zero attached hydrogens (tertiary/aromatic N) is 2. The van der Waals surface area contributed by atoms with Crippen molar-refractivity contribution in [2.75, 3.05) is 5.32 Å². The Balaban J connectivity index is 1.93. The van der Waals surface area contributed by atoms with E-state index >= 15 is 0 Å². The summed E-state index contributed by atoms with van der Waals surface area (Å²) in [6.45, 7) is 1.91. The standard InChI is InChI=1S/C19H15N3OS/c1-12-9-10-14-16(13-6-3-2-4-7-13)21-17(15-8-5-11-24-15)19(23)22-18(14)20-12/h2-11,17H,1H3,(H,20,22,23). The molecule has 0 saturated heterocycles. The second-order valence-electron chi connectivity index (χ2n) is 5.60. The smallest absolute Gasteiger partial charge is 0.255 e. The molecule has 5 heteroatoms. The number of benzene rings is 1. The first kappa shape index (κ1) is 14.8. The molecule has 4 rings (SSSR count). The summed E-state index contributed by atoms with van der Waals surface area (Å²) in [5, 5.41) is 4.90. The maximum atomic E-state index is 12.7. The minimum absolute atomic E-state index is 0.150. The minimum Gasteiger partial charge on any atom is -0.308 e. The number of carbonyl (C=O) groups excluding carboxylic acids is 1. The summed E-state index contributed by atoms with van der Waals surface area (Å²) >= 11 is 1.53. The van der Waals surface area contributed by atoms with Gasteiger partial charge in [0.15, 0.2) is 6.04 Å². The molecule has 0 fully saturated rings. The maximum Gasteiger partial charge on any atom is 0.255 e. The van der Waals surface area contributed by atoms with Crippen molar-refractivity contribution in [2.24, 2.45) is 4.99 Å². The van der Waals surface area contributed by atoms with E-state index in [2.05, 4.69) is 10.3 Å². The second-order valence-corrected chi connectivity index (χ2v) is 6.58. The molecule has 0 bridgehead atoms. The first-order valence-electron chi connectivity index (χ1n) is 7.68. The van der Waals surface area contributed by atoms with Crippen LogP contribution in [0.15, 0.2) is 65.0 Å². The number of fused-ring (bicyclic) bond motifs is 1. The number of rotatable bonds is 2. The van der Waals surface area contributed by atoms with E-state index in [0.717, 1.165) is 27.4 Å². The van der Waals surface area contributed by atoms with E-state index in [1.54, 1.807) is 0 Å². The van der Waals surface area contributed by atoms with Crippen molar-refractivity contribution in [1.82, 2.24) is 4.98 Å². The largest absolute Gasteiger partial charge is 0.308 e. The van der Waals surface area contributed by atoms with Crippen LogP contribution in [0, 0.1) is 6.92 Å². The Morgan fingerprint density at radius 2 is 1.88 bits per heavy atom. The molecule has 2 aromatic heterocycles. The van der Waals surface area contributed by atoms with Crippen molar-refractivity contribution in [3.8, 4) is 0 Å². The van der Waals surface area contributed by atoms with Gasteiger partial charge in [0, 0.05) is 21.7 Å². The number of aryl methyl sites for hydroxylation is 1. The average Bonchev–Trinajstić information content (AvgIpc) is 3.07. The third kappa shape index (κ3) is 2.63. The van der Waals surface area contributed by atoms with E-state index < -0.39 is 6.04 Å². The van der Waals surface area contributed by atoms with Gasteiger partial charge in [0.25, 0.3) is 5.91 Å². The first-order chi connectivity index (χ1) is 11.7. The number of nitrogens with one attached hydrogen (secondary N) is 1. The molecule has 3 heterocycles. The van der Waals surface area contributed by atoms with Crippen LogP contribution >= 0.6 is 11.3 Å². The van der Waals surface area contributed by atoms with Gasteiger partial charge in [0.1, 0.15) is 5.82 Å². The van der Waals surface area contributed by atoms with Gasteiger partial charge in [0.05, 0.1) is 5.71 Å². The molecule has 1 unspecified atom stereocenters. The average molecular weight is 333 g/mol. The Morgan fingerprint density at radius 3 is 2.62 bits per heavy atom. The number of hydrogen-bond donors (Lipinski definition) is 1. The summed E-state index contributed by atoms with van der Waals surface area (Å²) in [5.41, 5.74) is 3.47. The summed E-state index contributed by atoms with van der Waals surface area (Å²) in [6, 6.07) is 17.1. The molecule has 0 radical (unpaired) electrons. The number of aliphatic imine (C=N–C) groups is 1. The fourth-order valence-electron chi connectivity index (χ4n) is 2.75.